The topological polar surface area (TPSA) is 96.2 Å². The van der Waals surface area contributed by atoms with Crippen LogP contribution in [0.3, 0.4) is 0 Å². The Morgan fingerprint density at radius 3 is 2.21 bits per heavy atom. The van der Waals surface area contributed by atoms with Gasteiger partial charge in [0.15, 0.2) is 0 Å². The second kappa shape index (κ2) is 9.15. The van der Waals surface area contributed by atoms with Gasteiger partial charge in [-0.2, -0.15) is 0 Å². The largest absolute Gasteiger partial charge is 0.487 e. The number of halogens is 3. The van der Waals surface area contributed by atoms with Crippen LogP contribution in [0.2, 0.25) is 0 Å². The fourth-order valence-corrected chi connectivity index (χ4v) is 5.30. The minimum atomic E-state index is -3.85. The normalized spacial score (nSPS) is 24.8. The molecular formula is C22H27ClF2N4O4. The molecular weight excluding hydrogens is 458 g/mol. The van der Waals surface area contributed by atoms with Crippen molar-refractivity contribution >= 4 is 35.0 Å². The number of carbonyl (C=O) groups excluding carboxylic acids is 3. The Bertz CT molecular complexity index is 910. The van der Waals surface area contributed by atoms with Crippen molar-refractivity contribution in [2.24, 2.45) is 5.73 Å². The number of hydrogen-bond acceptors (Lipinski definition) is 6. The lowest BCUT2D eigenvalue weighted by Crippen LogP contribution is -2.64. The summed E-state index contributed by atoms with van der Waals surface area (Å²) in [4.78, 5) is 43.4. The lowest BCUT2D eigenvalue weighted by Gasteiger charge is -2.48. The molecule has 3 amide bonds. The molecule has 1 aromatic carbocycles. The number of imide groups is 1. The van der Waals surface area contributed by atoms with E-state index in [-0.39, 0.29) is 35.6 Å². The molecule has 180 valence electrons. The van der Waals surface area contributed by atoms with Gasteiger partial charge in [-0.05, 0) is 63.0 Å². The summed E-state index contributed by atoms with van der Waals surface area (Å²) < 4.78 is 29.9. The van der Waals surface area contributed by atoms with Crippen LogP contribution in [0.15, 0.2) is 24.3 Å². The van der Waals surface area contributed by atoms with Crippen molar-refractivity contribution in [3.63, 3.8) is 0 Å². The number of primary amides is 1. The van der Waals surface area contributed by atoms with Crippen LogP contribution in [0.4, 0.5) is 14.5 Å². The van der Waals surface area contributed by atoms with Gasteiger partial charge >= 0.3 is 5.57 Å². The molecule has 0 aromatic heterocycles. The zero-order chi connectivity index (χ0) is 23.8. The Balaban J connectivity index is 1.43. The molecule has 8 nitrogen and oxygen atoms in total. The first kappa shape index (κ1) is 23.8. The summed E-state index contributed by atoms with van der Waals surface area (Å²) in [5, 5.41) is 0. The van der Waals surface area contributed by atoms with Crippen LogP contribution < -0.4 is 15.4 Å². The van der Waals surface area contributed by atoms with E-state index in [0.717, 1.165) is 37.3 Å². The van der Waals surface area contributed by atoms with E-state index in [1.807, 2.05) is 4.90 Å². The molecule has 1 aromatic rings. The number of rotatable bonds is 6. The van der Waals surface area contributed by atoms with E-state index in [1.165, 1.54) is 24.3 Å². The van der Waals surface area contributed by atoms with E-state index in [1.54, 1.807) is 0 Å². The smallest absolute Gasteiger partial charge is 0.420 e. The quantitative estimate of drug-likeness (QED) is 0.491. The average Bonchev–Trinajstić information content (AvgIpc) is 3.07. The minimum Gasteiger partial charge on any atom is -0.420 e. The molecule has 3 aliphatic rings. The van der Waals surface area contributed by atoms with Gasteiger partial charge in [-0.1, -0.05) is 6.42 Å². The Hall–Kier alpha value is -2.30. The molecule has 0 spiro atoms. The van der Waals surface area contributed by atoms with Gasteiger partial charge in [0.05, 0.1) is 18.2 Å². The van der Waals surface area contributed by atoms with Gasteiger partial charge in [0.25, 0.3) is 5.91 Å². The van der Waals surface area contributed by atoms with Crippen molar-refractivity contribution in [1.29, 1.82) is 0 Å². The van der Waals surface area contributed by atoms with Crippen LogP contribution in [0.5, 0.6) is 5.75 Å². The average molecular weight is 485 g/mol. The lowest BCUT2D eigenvalue weighted by molar-refractivity contribution is -0.136. The van der Waals surface area contributed by atoms with Crippen molar-refractivity contribution in [3.05, 3.63) is 24.3 Å². The molecule has 4 rings (SSSR count). The number of ether oxygens (including phenoxy) is 1. The van der Waals surface area contributed by atoms with Gasteiger partial charge in [-0.3, -0.25) is 24.2 Å². The van der Waals surface area contributed by atoms with Crippen molar-refractivity contribution in [1.82, 2.24) is 9.80 Å². The molecule has 0 unspecified atom stereocenters. The standard InChI is InChI=1S/C22H27ClF2N4O4/c23-22(24,25)33-16-6-4-15(5-7-16)29-18(30)14-17(19(29)31)27-12-8-21(9-13-27,20(26)32)28-10-2-1-3-11-28/h4-7,17H,1-3,8-14H2,(H2,26,32)/t17-/m1/s1. The van der Waals surface area contributed by atoms with Crippen molar-refractivity contribution < 1.29 is 27.9 Å². The maximum atomic E-state index is 13.1. The number of nitrogens with zero attached hydrogens (tertiary/aromatic N) is 3. The first-order chi connectivity index (χ1) is 15.6. The molecule has 0 radical (unpaired) electrons. The van der Waals surface area contributed by atoms with Gasteiger partial charge in [-0.15, -0.1) is 8.78 Å². The third-order valence-corrected chi connectivity index (χ3v) is 7.01. The Morgan fingerprint density at radius 2 is 1.67 bits per heavy atom. The number of nitrogens with two attached hydrogens (primary N) is 1. The lowest BCUT2D eigenvalue weighted by atomic mass is 9.83. The number of carbonyl (C=O) groups is 3. The Kier molecular flexibility index (Phi) is 6.61. The number of likely N-dealkylation sites (tertiary alicyclic amines) is 2. The molecule has 0 bridgehead atoms. The Morgan fingerprint density at radius 1 is 1.06 bits per heavy atom. The van der Waals surface area contributed by atoms with Crippen molar-refractivity contribution in [3.8, 4) is 5.75 Å². The number of hydrogen-bond donors (Lipinski definition) is 1. The van der Waals surface area contributed by atoms with Crippen LogP contribution in [-0.2, 0) is 14.4 Å². The van der Waals surface area contributed by atoms with Crippen molar-refractivity contribution in [2.45, 2.75) is 55.7 Å². The molecule has 3 fully saturated rings. The highest BCUT2D eigenvalue weighted by molar-refractivity contribution is 6.22. The van der Waals surface area contributed by atoms with Crippen molar-refractivity contribution in [2.75, 3.05) is 31.1 Å². The van der Waals surface area contributed by atoms with Crippen LogP contribution in [0.1, 0.15) is 38.5 Å². The minimum absolute atomic E-state index is 0.0180. The summed E-state index contributed by atoms with van der Waals surface area (Å²) in [6, 6.07) is 4.54. The van der Waals surface area contributed by atoms with E-state index in [9.17, 15) is 23.2 Å². The molecule has 3 aliphatic heterocycles. The molecule has 3 heterocycles. The summed E-state index contributed by atoms with van der Waals surface area (Å²) in [6.07, 6.45) is 4.26. The summed E-state index contributed by atoms with van der Waals surface area (Å²) in [7, 11) is 0. The molecule has 1 atom stereocenters. The van der Waals surface area contributed by atoms with Crippen LogP contribution >= 0.6 is 11.6 Å². The third kappa shape index (κ3) is 4.83. The van der Waals surface area contributed by atoms with Gasteiger partial charge in [-0.25, -0.2) is 4.90 Å². The van der Waals surface area contributed by atoms with Gasteiger partial charge < -0.3 is 10.5 Å². The monoisotopic (exact) mass is 484 g/mol. The summed E-state index contributed by atoms with van der Waals surface area (Å²) in [5.41, 5.74) is 1.55. The first-order valence-corrected chi connectivity index (χ1v) is 11.5. The first-order valence-electron chi connectivity index (χ1n) is 11.1. The molecule has 2 N–H and O–H groups in total. The SMILES string of the molecule is NC(=O)C1(N2CCCCC2)CCN([C@@H]2CC(=O)N(c3ccc(OC(F)(F)Cl)cc3)C2=O)CC1. The third-order valence-electron chi connectivity index (χ3n) is 6.94. The number of alkyl halides is 3. The van der Waals surface area contributed by atoms with E-state index >= 15 is 0 Å². The second-order valence-corrected chi connectivity index (χ2v) is 9.25. The van der Waals surface area contributed by atoms with E-state index < -0.39 is 17.1 Å². The summed E-state index contributed by atoms with van der Waals surface area (Å²) in [5.74, 6) is -1.26. The zero-order valence-corrected chi connectivity index (χ0v) is 18.9. The molecule has 0 aliphatic carbocycles. The number of anilines is 1. The van der Waals surface area contributed by atoms with E-state index in [2.05, 4.69) is 9.64 Å². The maximum Gasteiger partial charge on any atom is 0.487 e. The number of amides is 3. The van der Waals surface area contributed by atoms with Crippen LogP contribution in [-0.4, -0.2) is 70.8 Å². The van der Waals surface area contributed by atoms with Crippen LogP contribution in [0, 0.1) is 0 Å². The highest BCUT2D eigenvalue weighted by atomic mass is 35.5. The molecule has 11 heteroatoms. The fourth-order valence-electron chi connectivity index (χ4n) is 5.22. The van der Waals surface area contributed by atoms with E-state index in [0.29, 0.717) is 25.9 Å². The number of benzene rings is 1. The fraction of sp³-hybridized carbons (Fsp3) is 0.591. The predicted octanol–water partition coefficient (Wildman–Crippen LogP) is 2.29. The molecule has 0 saturated carbocycles. The molecule has 33 heavy (non-hydrogen) atoms. The summed E-state index contributed by atoms with van der Waals surface area (Å²) >= 11 is 4.76. The van der Waals surface area contributed by atoms with Gasteiger partial charge in [0.2, 0.25) is 11.8 Å². The molecule has 3 saturated heterocycles. The van der Waals surface area contributed by atoms with Gasteiger partial charge in [0, 0.05) is 24.7 Å². The maximum absolute atomic E-state index is 13.1. The highest BCUT2D eigenvalue weighted by Gasteiger charge is 2.49. The predicted molar refractivity (Wildman–Crippen MR) is 117 cm³/mol. The zero-order valence-electron chi connectivity index (χ0n) is 18.1. The highest BCUT2D eigenvalue weighted by Crippen LogP contribution is 2.35. The number of piperidine rings is 2. The van der Waals surface area contributed by atoms with Gasteiger partial charge in [0.1, 0.15) is 11.3 Å². The van der Waals surface area contributed by atoms with Crippen LogP contribution in [0.25, 0.3) is 0 Å². The summed E-state index contributed by atoms with van der Waals surface area (Å²) in [6.45, 7) is 2.64. The second-order valence-electron chi connectivity index (χ2n) is 8.81. The van der Waals surface area contributed by atoms with E-state index in [4.69, 9.17) is 17.3 Å². The Labute approximate surface area is 195 Å².